The van der Waals surface area contributed by atoms with Crippen LogP contribution in [0, 0.1) is 21.4 Å². The fourth-order valence-corrected chi connectivity index (χ4v) is 2.94. The summed E-state index contributed by atoms with van der Waals surface area (Å²) in [6.45, 7) is -0.699. The lowest BCUT2D eigenvalue weighted by molar-refractivity contribution is -0.385. The Labute approximate surface area is 185 Å². The van der Waals surface area contributed by atoms with Gasteiger partial charge in [-0.1, -0.05) is 0 Å². The van der Waals surface area contributed by atoms with Crippen LogP contribution in [0.5, 0.6) is 11.5 Å². The largest absolute Gasteiger partial charge is 0.493 e. The topological polar surface area (TPSA) is 174 Å². The molecular formula is C20H16N4O9. The number of nitro benzene ring substituents is 1. The van der Waals surface area contributed by atoms with Crippen LogP contribution in [-0.2, 0) is 16.1 Å². The lowest BCUT2D eigenvalue weighted by atomic mass is 10.1. The summed E-state index contributed by atoms with van der Waals surface area (Å²) in [5.41, 5.74) is -0.475. The number of amides is 3. The van der Waals surface area contributed by atoms with Crippen LogP contribution in [0.1, 0.15) is 21.9 Å². The number of carbonyl (C=O) groups is 3. The van der Waals surface area contributed by atoms with Gasteiger partial charge in [0, 0.05) is 6.07 Å². The summed E-state index contributed by atoms with van der Waals surface area (Å²) in [4.78, 5) is 48.1. The summed E-state index contributed by atoms with van der Waals surface area (Å²) in [5, 5.41) is 22.5. The number of nitrogens with one attached hydrogen (secondary N) is 1. The van der Waals surface area contributed by atoms with Gasteiger partial charge in [0.1, 0.15) is 17.5 Å². The van der Waals surface area contributed by atoms with Gasteiger partial charge in [0.05, 0.1) is 25.7 Å². The Balaban J connectivity index is 1.88. The summed E-state index contributed by atoms with van der Waals surface area (Å²) in [7, 11) is 2.44. The second-order valence-corrected chi connectivity index (χ2v) is 6.41. The van der Waals surface area contributed by atoms with Crippen LogP contribution >= 0.6 is 0 Å². The highest BCUT2D eigenvalue weighted by atomic mass is 16.6. The molecule has 1 aromatic carbocycles. The first-order chi connectivity index (χ1) is 15.8. The number of nitriles is 1. The highest BCUT2D eigenvalue weighted by molar-refractivity contribution is 6.13. The van der Waals surface area contributed by atoms with E-state index in [0.717, 1.165) is 11.0 Å². The maximum absolute atomic E-state index is 12.7. The zero-order chi connectivity index (χ0) is 24.1. The van der Waals surface area contributed by atoms with Crippen molar-refractivity contribution in [3.8, 4) is 17.6 Å². The van der Waals surface area contributed by atoms with E-state index in [1.807, 2.05) is 0 Å². The number of nitrogens with zero attached hydrogens (tertiary/aromatic N) is 3. The van der Waals surface area contributed by atoms with Gasteiger partial charge in [-0.25, -0.2) is 9.59 Å². The van der Waals surface area contributed by atoms with E-state index in [1.54, 1.807) is 6.07 Å². The molecule has 1 aliphatic heterocycles. The van der Waals surface area contributed by atoms with Gasteiger partial charge < -0.3 is 23.9 Å². The Morgan fingerprint density at radius 1 is 1.33 bits per heavy atom. The molecule has 1 N–H and O–H groups in total. The van der Waals surface area contributed by atoms with E-state index in [-0.39, 0.29) is 40.8 Å². The zero-order valence-corrected chi connectivity index (χ0v) is 17.3. The van der Waals surface area contributed by atoms with Gasteiger partial charge in [-0.05, 0) is 29.8 Å². The maximum Gasteiger partial charge on any atom is 0.373 e. The maximum atomic E-state index is 12.7. The minimum Gasteiger partial charge on any atom is -0.493 e. The second-order valence-electron chi connectivity index (χ2n) is 6.41. The van der Waals surface area contributed by atoms with Crippen LogP contribution < -0.4 is 14.8 Å². The quantitative estimate of drug-likeness (QED) is 0.203. The third-order valence-corrected chi connectivity index (χ3v) is 4.39. The first kappa shape index (κ1) is 22.8. The van der Waals surface area contributed by atoms with Crippen molar-refractivity contribution in [2.45, 2.75) is 6.54 Å². The average Bonchev–Trinajstić information content (AvgIpc) is 3.37. The predicted molar refractivity (Wildman–Crippen MR) is 108 cm³/mol. The number of nitro groups is 1. The van der Waals surface area contributed by atoms with Crippen LogP contribution in [0.15, 0.2) is 34.4 Å². The van der Waals surface area contributed by atoms with Crippen molar-refractivity contribution in [1.82, 2.24) is 10.2 Å². The monoisotopic (exact) mass is 456 g/mol. The Bertz CT molecular complexity index is 1210. The van der Waals surface area contributed by atoms with Gasteiger partial charge in [0.15, 0.2) is 12.4 Å². The SMILES string of the molecule is COC(=O)c1ccc(CN2C(=O)NC(=Cc3cc(OC)c(OCC#N)c([N+](=O)[O-])c3)C2=O)o1. The molecule has 0 bridgehead atoms. The number of ether oxygens (including phenoxy) is 3. The lowest BCUT2D eigenvalue weighted by Crippen LogP contribution is -2.30. The van der Waals surface area contributed by atoms with E-state index in [0.29, 0.717) is 0 Å². The number of esters is 1. The van der Waals surface area contributed by atoms with Crippen LogP contribution in [0.4, 0.5) is 10.5 Å². The van der Waals surface area contributed by atoms with Crippen molar-refractivity contribution in [3.63, 3.8) is 0 Å². The Kier molecular flexibility index (Phi) is 6.58. The molecule has 0 unspecified atom stereocenters. The first-order valence-electron chi connectivity index (χ1n) is 9.16. The smallest absolute Gasteiger partial charge is 0.373 e. The Morgan fingerprint density at radius 2 is 2.09 bits per heavy atom. The molecule has 1 saturated heterocycles. The third kappa shape index (κ3) is 4.74. The molecule has 0 spiro atoms. The molecule has 33 heavy (non-hydrogen) atoms. The van der Waals surface area contributed by atoms with Crippen molar-refractivity contribution in [1.29, 1.82) is 5.26 Å². The number of methoxy groups -OCH3 is 2. The number of hydrogen-bond donors (Lipinski definition) is 1. The van der Waals surface area contributed by atoms with Crippen molar-refractivity contribution in [2.75, 3.05) is 20.8 Å². The molecule has 0 saturated carbocycles. The molecule has 13 nitrogen and oxygen atoms in total. The summed E-state index contributed by atoms with van der Waals surface area (Å²) >= 11 is 0. The van der Waals surface area contributed by atoms with E-state index in [4.69, 9.17) is 19.2 Å². The highest BCUT2D eigenvalue weighted by Crippen LogP contribution is 2.39. The second kappa shape index (κ2) is 9.52. The fraction of sp³-hybridized carbons (Fsp3) is 0.200. The van der Waals surface area contributed by atoms with E-state index >= 15 is 0 Å². The third-order valence-electron chi connectivity index (χ3n) is 4.39. The minimum absolute atomic E-state index is 0.0362. The van der Waals surface area contributed by atoms with Gasteiger partial charge in [-0.3, -0.25) is 19.8 Å². The number of benzene rings is 1. The normalized spacial score (nSPS) is 14.1. The van der Waals surface area contributed by atoms with Crippen molar-refractivity contribution in [3.05, 3.63) is 57.2 Å². The molecule has 1 aliphatic rings. The molecular weight excluding hydrogens is 440 g/mol. The van der Waals surface area contributed by atoms with Crippen LogP contribution in [0.2, 0.25) is 0 Å². The minimum atomic E-state index is -0.752. The molecule has 3 amide bonds. The number of hydrogen-bond acceptors (Lipinski definition) is 10. The molecule has 13 heteroatoms. The van der Waals surface area contributed by atoms with E-state index in [1.165, 1.54) is 38.5 Å². The number of furan rings is 1. The van der Waals surface area contributed by atoms with E-state index in [9.17, 15) is 24.5 Å². The van der Waals surface area contributed by atoms with Crippen molar-refractivity contribution in [2.24, 2.45) is 0 Å². The molecule has 2 aromatic rings. The van der Waals surface area contributed by atoms with E-state index < -0.39 is 35.1 Å². The summed E-state index contributed by atoms with van der Waals surface area (Å²) < 4.78 is 20.0. The van der Waals surface area contributed by atoms with Gasteiger partial charge in [-0.2, -0.15) is 5.26 Å². The molecule has 0 aliphatic carbocycles. The molecule has 1 aromatic heterocycles. The number of carbonyl (C=O) groups excluding carboxylic acids is 3. The van der Waals surface area contributed by atoms with E-state index in [2.05, 4.69) is 10.1 Å². The predicted octanol–water partition coefficient (Wildman–Crippen LogP) is 1.98. The average molecular weight is 456 g/mol. The fourth-order valence-electron chi connectivity index (χ4n) is 2.94. The summed E-state index contributed by atoms with van der Waals surface area (Å²) in [6, 6.07) is 6.18. The molecule has 0 radical (unpaired) electrons. The number of rotatable bonds is 8. The van der Waals surface area contributed by atoms with Gasteiger partial charge >= 0.3 is 17.7 Å². The number of imide groups is 1. The standard InChI is InChI=1S/C20H16N4O9/c1-30-16-9-11(8-14(24(28)29)17(16)32-6-5-21)7-13-18(25)23(20(27)22-13)10-12-3-4-15(33-12)19(26)31-2/h3-4,7-9H,6,10H2,1-2H3,(H,22,27). The summed E-state index contributed by atoms with van der Waals surface area (Å²) in [5.74, 6) is -1.64. The van der Waals surface area contributed by atoms with Gasteiger partial charge in [0.25, 0.3) is 5.91 Å². The zero-order valence-electron chi connectivity index (χ0n) is 17.3. The number of urea groups is 1. The Morgan fingerprint density at radius 3 is 2.73 bits per heavy atom. The molecule has 3 rings (SSSR count). The molecule has 1 fully saturated rings. The molecule has 0 atom stereocenters. The van der Waals surface area contributed by atoms with Crippen LogP contribution in [0.25, 0.3) is 6.08 Å². The summed E-state index contributed by atoms with van der Waals surface area (Å²) in [6.07, 6.45) is 1.23. The molecule has 2 heterocycles. The Hall–Kier alpha value is -4.86. The van der Waals surface area contributed by atoms with Crippen molar-refractivity contribution >= 4 is 29.7 Å². The van der Waals surface area contributed by atoms with Crippen LogP contribution in [0.3, 0.4) is 0 Å². The van der Waals surface area contributed by atoms with Crippen molar-refractivity contribution < 1.29 is 37.9 Å². The van der Waals surface area contributed by atoms with Gasteiger partial charge in [-0.15, -0.1) is 0 Å². The molecule has 170 valence electrons. The van der Waals surface area contributed by atoms with Crippen LogP contribution in [-0.4, -0.2) is 48.6 Å². The van der Waals surface area contributed by atoms with Gasteiger partial charge in [0.2, 0.25) is 11.5 Å². The lowest BCUT2D eigenvalue weighted by Gasteiger charge is -2.10. The first-order valence-corrected chi connectivity index (χ1v) is 9.16. The highest BCUT2D eigenvalue weighted by Gasteiger charge is 2.35.